The van der Waals surface area contributed by atoms with Crippen molar-refractivity contribution in [2.75, 3.05) is 22.9 Å². The Morgan fingerprint density at radius 3 is 2.60 bits per heavy atom. The Morgan fingerprint density at radius 2 is 1.91 bits per heavy atom. The van der Waals surface area contributed by atoms with Crippen LogP contribution in [0.25, 0.3) is 11.1 Å². The number of hydrogen-bond acceptors (Lipinski definition) is 7. The molecule has 3 aromatic rings. The summed E-state index contributed by atoms with van der Waals surface area (Å²) in [6.45, 7) is 0.803. The fourth-order valence-corrected chi connectivity index (χ4v) is 4.93. The van der Waals surface area contributed by atoms with E-state index in [0.717, 1.165) is 25.8 Å². The maximum Gasteiger partial charge on any atom is 0.294 e. The Bertz CT molecular complexity index is 1280. The SMILES string of the molecule is Nc1cnc2c(NC(=O)[C@H]3CC[C@H](N4CCCC4=O)CC3)c(C(=O)Nc3ccc(Cl)cn3)oc2c1. The van der Waals surface area contributed by atoms with Crippen LogP contribution in [0.5, 0.6) is 0 Å². The van der Waals surface area contributed by atoms with Gasteiger partial charge in [0.25, 0.3) is 5.91 Å². The summed E-state index contributed by atoms with van der Waals surface area (Å²) in [6.07, 6.45) is 7.24. The molecule has 35 heavy (non-hydrogen) atoms. The summed E-state index contributed by atoms with van der Waals surface area (Å²) in [4.78, 5) is 48.6. The molecule has 0 radical (unpaired) electrons. The van der Waals surface area contributed by atoms with E-state index in [4.69, 9.17) is 21.8 Å². The molecule has 0 aromatic carbocycles. The lowest BCUT2D eigenvalue weighted by Gasteiger charge is -2.34. The number of carbonyl (C=O) groups excluding carboxylic acids is 3. The Kier molecular flexibility index (Phi) is 6.29. The van der Waals surface area contributed by atoms with Gasteiger partial charge in [0, 0.05) is 37.2 Å². The zero-order valence-electron chi connectivity index (χ0n) is 18.9. The van der Waals surface area contributed by atoms with E-state index in [0.29, 0.717) is 35.5 Å². The fourth-order valence-electron chi connectivity index (χ4n) is 4.82. The molecule has 0 spiro atoms. The van der Waals surface area contributed by atoms with Gasteiger partial charge in [0.2, 0.25) is 17.6 Å². The molecule has 182 valence electrons. The number of hydrogen-bond donors (Lipinski definition) is 3. The third-order valence-electron chi connectivity index (χ3n) is 6.59. The predicted octanol–water partition coefficient (Wildman–Crippen LogP) is 3.83. The summed E-state index contributed by atoms with van der Waals surface area (Å²) in [5, 5.41) is 5.95. The number of nitrogen functional groups attached to an aromatic ring is 1. The number of likely N-dealkylation sites (tertiary alicyclic amines) is 1. The minimum Gasteiger partial charge on any atom is -0.447 e. The topological polar surface area (TPSA) is 143 Å². The Labute approximate surface area is 206 Å². The molecule has 11 heteroatoms. The second kappa shape index (κ2) is 9.53. The fraction of sp³-hybridized carbons (Fsp3) is 0.375. The third kappa shape index (κ3) is 4.79. The molecule has 3 aromatic heterocycles. The van der Waals surface area contributed by atoms with Crippen LogP contribution >= 0.6 is 11.6 Å². The van der Waals surface area contributed by atoms with Gasteiger partial charge >= 0.3 is 0 Å². The zero-order valence-corrected chi connectivity index (χ0v) is 19.7. The van der Waals surface area contributed by atoms with Crippen molar-refractivity contribution in [3.63, 3.8) is 0 Å². The minimum atomic E-state index is -0.594. The van der Waals surface area contributed by atoms with Crippen LogP contribution in [0.1, 0.15) is 49.1 Å². The van der Waals surface area contributed by atoms with E-state index in [1.807, 2.05) is 4.90 Å². The van der Waals surface area contributed by atoms with Crippen molar-refractivity contribution in [2.45, 2.75) is 44.6 Å². The maximum atomic E-state index is 13.2. The highest BCUT2D eigenvalue weighted by Gasteiger charge is 2.34. The molecule has 0 unspecified atom stereocenters. The van der Waals surface area contributed by atoms with Gasteiger partial charge in [-0.05, 0) is 44.2 Å². The van der Waals surface area contributed by atoms with Crippen molar-refractivity contribution in [2.24, 2.45) is 5.92 Å². The number of nitrogens with one attached hydrogen (secondary N) is 2. The van der Waals surface area contributed by atoms with Gasteiger partial charge in [-0.25, -0.2) is 9.97 Å². The first-order valence-electron chi connectivity index (χ1n) is 11.6. The van der Waals surface area contributed by atoms with Gasteiger partial charge in [-0.1, -0.05) is 11.6 Å². The van der Waals surface area contributed by atoms with Gasteiger partial charge in [0.15, 0.2) is 5.58 Å². The van der Waals surface area contributed by atoms with Crippen LogP contribution in [0.2, 0.25) is 5.02 Å². The van der Waals surface area contributed by atoms with E-state index in [1.165, 1.54) is 12.4 Å². The van der Waals surface area contributed by atoms with Gasteiger partial charge in [0.1, 0.15) is 17.0 Å². The molecule has 1 saturated heterocycles. The lowest BCUT2D eigenvalue weighted by molar-refractivity contribution is -0.130. The van der Waals surface area contributed by atoms with Crippen molar-refractivity contribution >= 4 is 57.6 Å². The van der Waals surface area contributed by atoms with Crippen LogP contribution in [0, 0.1) is 5.92 Å². The minimum absolute atomic E-state index is 0.0976. The molecule has 1 aliphatic heterocycles. The summed E-state index contributed by atoms with van der Waals surface area (Å²) in [7, 11) is 0. The highest BCUT2D eigenvalue weighted by molar-refractivity contribution is 6.30. The van der Waals surface area contributed by atoms with Crippen LogP contribution in [-0.4, -0.2) is 45.2 Å². The first kappa shape index (κ1) is 23.1. The number of furan rings is 1. The Balaban J connectivity index is 1.34. The van der Waals surface area contributed by atoms with Crippen LogP contribution in [0.15, 0.2) is 35.0 Å². The maximum absolute atomic E-state index is 13.2. The van der Waals surface area contributed by atoms with Gasteiger partial charge in [0.05, 0.1) is 16.9 Å². The van der Waals surface area contributed by atoms with Crippen molar-refractivity contribution in [3.8, 4) is 0 Å². The average molecular weight is 497 g/mol. The predicted molar refractivity (Wildman–Crippen MR) is 131 cm³/mol. The van der Waals surface area contributed by atoms with Crippen LogP contribution in [0.3, 0.4) is 0 Å². The second-order valence-electron chi connectivity index (χ2n) is 8.92. The third-order valence-corrected chi connectivity index (χ3v) is 6.82. The van der Waals surface area contributed by atoms with E-state index < -0.39 is 5.91 Å². The highest BCUT2D eigenvalue weighted by Crippen LogP contribution is 2.34. The largest absolute Gasteiger partial charge is 0.447 e. The van der Waals surface area contributed by atoms with E-state index in [2.05, 4.69) is 20.6 Å². The first-order chi connectivity index (χ1) is 16.9. The lowest BCUT2D eigenvalue weighted by Crippen LogP contribution is -2.40. The molecule has 1 saturated carbocycles. The van der Waals surface area contributed by atoms with Crippen molar-refractivity contribution in [1.82, 2.24) is 14.9 Å². The Morgan fingerprint density at radius 1 is 1.11 bits per heavy atom. The zero-order chi connectivity index (χ0) is 24.5. The molecule has 3 amide bonds. The molecule has 2 aliphatic rings. The Hall–Kier alpha value is -3.66. The second-order valence-corrected chi connectivity index (χ2v) is 9.36. The summed E-state index contributed by atoms with van der Waals surface area (Å²) < 4.78 is 5.76. The summed E-state index contributed by atoms with van der Waals surface area (Å²) in [6, 6.07) is 4.90. The molecular weight excluding hydrogens is 472 g/mol. The monoisotopic (exact) mass is 496 g/mol. The number of carbonyl (C=O) groups is 3. The van der Waals surface area contributed by atoms with Gasteiger partial charge in [-0.2, -0.15) is 0 Å². The van der Waals surface area contributed by atoms with Crippen LogP contribution in [-0.2, 0) is 9.59 Å². The molecule has 10 nitrogen and oxygen atoms in total. The summed E-state index contributed by atoms with van der Waals surface area (Å²) in [5.74, 6) is -0.659. The summed E-state index contributed by atoms with van der Waals surface area (Å²) >= 11 is 5.86. The average Bonchev–Trinajstić information content (AvgIpc) is 3.43. The van der Waals surface area contributed by atoms with E-state index in [1.54, 1.807) is 18.2 Å². The standard InChI is InChI=1S/C24H25ClN6O4/c25-14-5-8-18(27-11-14)29-24(34)22-21(20-17(35-22)10-15(26)12-28-20)30-23(33)13-3-6-16(7-4-13)31-9-1-2-19(31)32/h5,8,10-13,16H,1-4,6-7,9,26H2,(H,30,33)(H,27,29,34)/t13-,16-. The number of anilines is 3. The number of rotatable bonds is 5. The molecule has 4 N–H and O–H groups in total. The molecular formula is C24H25ClN6O4. The molecule has 0 bridgehead atoms. The van der Waals surface area contributed by atoms with Gasteiger partial charge < -0.3 is 25.7 Å². The van der Waals surface area contributed by atoms with Gasteiger partial charge in [-0.3, -0.25) is 14.4 Å². The number of pyridine rings is 2. The van der Waals surface area contributed by atoms with Crippen molar-refractivity contribution < 1.29 is 18.8 Å². The molecule has 2 fully saturated rings. The molecule has 5 rings (SSSR count). The first-order valence-corrected chi connectivity index (χ1v) is 12.0. The van der Waals surface area contributed by atoms with Crippen LogP contribution < -0.4 is 16.4 Å². The van der Waals surface area contributed by atoms with Crippen molar-refractivity contribution in [3.05, 3.63) is 41.4 Å². The van der Waals surface area contributed by atoms with E-state index in [9.17, 15) is 14.4 Å². The van der Waals surface area contributed by atoms with Gasteiger partial charge in [-0.15, -0.1) is 0 Å². The number of nitrogens with zero attached hydrogens (tertiary/aromatic N) is 3. The molecule has 0 atom stereocenters. The van der Waals surface area contributed by atoms with E-state index in [-0.39, 0.29) is 46.6 Å². The smallest absolute Gasteiger partial charge is 0.294 e. The van der Waals surface area contributed by atoms with Crippen molar-refractivity contribution in [1.29, 1.82) is 0 Å². The number of halogens is 1. The molecule has 4 heterocycles. The lowest BCUT2D eigenvalue weighted by atomic mass is 9.84. The highest BCUT2D eigenvalue weighted by atomic mass is 35.5. The summed E-state index contributed by atoms with van der Waals surface area (Å²) in [5.41, 5.74) is 7.00. The van der Waals surface area contributed by atoms with E-state index >= 15 is 0 Å². The normalized spacial score (nSPS) is 20.3. The number of nitrogens with two attached hydrogens (primary N) is 1. The number of fused-ring (bicyclic) bond motifs is 1. The van der Waals surface area contributed by atoms with Crippen LogP contribution in [0.4, 0.5) is 17.2 Å². The number of amides is 3. The molecule has 1 aliphatic carbocycles. The number of aromatic nitrogens is 2. The quantitative estimate of drug-likeness (QED) is 0.487.